The third kappa shape index (κ3) is 4.04. The van der Waals surface area contributed by atoms with Crippen LogP contribution in [0.15, 0.2) is 30.5 Å². The number of aryl methyl sites for hydroxylation is 1. The van der Waals surface area contributed by atoms with Crippen LogP contribution in [0.25, 0.3) is 0 Å². The zero-order chi connectivity index (χ0) is 15.2. The largest absolute Gasteiger partial charge is 0.490 e. The lowest BCUT2D eigenvalue weighted by atomic mass is 10.0. The lowest BCUT2D eigenvalue weighted by molar-refractivity contribution is 0.298. The van der Waals surface area contributed by atoms with Crippen LogP contribution in [0.4, 0.5) is 4.39 Å². The molecule has 1 unspecified atom stereocenters. The van der Waals surface area contributed by atoms with Crippen LogP contribution >= 0.6 is 0 Å². The fourth-order valence-electron chi connectivity index (χ4n) is 2.21. The fourth-order valence-corrected chi connectivity index (χ4v) is 2.21. The predicted octanol–water partition coefficient (Wildman–Crippen LogP) is 2.46. The Morgan fingerprint density at radius 3 is 2.86 bits per heavy atom. The second-order valence-electron chi connectivity index (χ2n) is 5.15. The topological polar surface area (TPSA) is 53.1 Å². The molecule has 1 aromatic heterocycles. The third-order valence-corrected chi connectivity index (χ3v) is 3.58. The van der Waals surface area contributed by atoms with Gasteiger partial charge in [0.2, 0.25) is 0 Å². The van der Waals surface area contributed by atoms with Crippen LogP contribution in [0.2, 0.25) is 0 Å². The molecular formula is C16H22FN3O. The van der Waals surface area contributed by atoms with Gasteiger partial charge in [-0.15, -0.1) is 0 Å². The van der Waals surface area contributed by atoms with E-state index in [1.54, 1.807) is 16.9 Å². The summed E-state index contributed by atoms with van der Waals surface area (Å²) in [4.78, 5) is 0. The second kappa shape index (κ2) is 7.22. The Labute approximate surface area is 124 Å². The van der Waals surface area contributed by atoms with Crippen molar-refractivity contribution in [3.05, 3.63) is 47.5 Å². The van der Waals surface area contributed by atoms with Gasteiger partial charge < -0.3 is 10.5 Å². The van der Waals surface area contributed by atoms with Crippen molar-refractivity contribution in [2.24, 2.45) is 12.8 Å². The van der Waals surface area contributed by atoms with Gasteiger partial charge in [0.1, 0.15) is 0 Å². The summed E-state index contributed by atoms with van der Waals surface area (Å²) < 4.78 is 21.4. The number of aromatic nitrogens is 2. The van der Waals surface area contributed by atoms with E-state index in [0.29, 0.717) is 25.2 Å². The van der Waals surface area contributed by atoms with Gasteiger partial charge >= 0.3 is 0 Å². The van der Waals surface area contributed by atoms with E-state index in [4.69, 9.17) is 10.5 Å². The van der Waals surface area contributed by atoms with Crippen molar-refractivity contribution in [3.8, 4) is 5.75 Å². The zero-order valence-corrected chi connectivity index (χ0v) is 12.6. The van der Waals surface area contributed by atoms with Gasteiger partial charge in [-0.1, -0.05) is 19.1 Å². The Bertz CT molecular complexity index is 583. The number of rotatable bonds is 7. The lowest BCUT2D eigenvalue weighted by Gasteiger charge is -2.15. The van der Waals surface area contributed by atoms with Crippen LogP contribution in [0, 0.1) is 5.82 Å². The number of halogens is 1. The number of hydrogen-bond donors (Lipinski definition) is 1. The van der Waals surface area contributed by atoms with Crippen molar-refractivity contribution < 1.29 is 9.13 Å². The van der Waals surface area contributed by atoms with Crippen LogP contribution < -0.4 is 10.5 Å². The first-order valence-corrected chi connectivity index (χ1v) is 7.24. The van der Waals surface area contributed by atoms with Crippen LogP contribution in [-0.4, -0.2) is 22.4 Å². The van der Waals surface area contributed by atoms with Gasteiger partial charge in [0.05, 0.1) is 6.61 Å². The van der Waals surface area contributed by atoms with E-state index in [9.17, 15) is 4.39 Å². The maximum absolute atomic E-state index is 14.0. The third-order valence-electron chi connectivity index (χ3n) is 3.58. The van der Waals surface area contributed by atoms with E-state index in [2.05, 4.69) is 5.10 Å². The average molecular weight is 291 g/mol. The van der Waals surface area contributed by atoms with Gasteiger partial charge in [-0.3, -0.25) is 4.68 Å². The first-order chi connectivity index (χ1) is 10.1. The van der Waals surface area contributed by atoms with Crippen molar-refractivity contribution in [1.29, 1.82) is 0 Å². The Morgan fingerprint density at radius 2 is 2.19 bits per heavy atom. The summed E-state index contributed by atoms with van der Waals surface area (Å²) in [6, 6.07) is 6.93. The number of nitrogens with zero attached hydrogens (tertiary/aromatic N) is 2. The molecule has 0 saturated carbocycles. The summed E-state index contributed by atoms with van der Waals surface area (Å²) in [7, 11) is 1.88. The normalized spacial score (nSPS) is 12.4. The molecule has 0 fully saturated rings. The highest BCUT2D eigenvalue weighted by molar-refractivity contribution is 5.35. The molecule has 1 aromatic carbocycles. The van der Waals surface area contributed by atoms with E-state index in [1.165, 1.54) is 6.07 Å². The Morgan fingerprint density at radius 1 is 1.38 bits per heavy atom. The summed E-state index contributed by atoms with van der Waals surface area (Å²) in [5.74, 6) is -0.00984. The van der Waals surface area contributed by atoms with E-state index < -0.39 is 0 Å². The van der Waals surface area contributed by atoms with Gasteiger partial charge in [0, 0.05) is 31.4 Å². The van der Waals surface area contributed by atoms with Crippen LogP contribution in [0.5, 0.6) is 5.75 Å². The van der Waals surface area contributed by atoms with E-state index in [0.717, 1.165) is 17.7 Å². The molecule has 2 aromatic rings. The first kappa shape index (κ1) is 15.5. The minimum Gasteiger partial charge on any atom is -0.490 e. The molecule has 21 heavy (non-hydrogen) atoms. The molecule has 2 N–H and O–H groups in total. The van der Waals surface area contributed by atoms with Gasteiger partial charge in [-0.2, -0.15) is 5.10 Å². The summed E-state index contributed by atoms with van der Waals surface area (Å²) in [6.07, 6.45) is 3.90. The molecule has 0 aliphatic carbocycles. The molecule has 0 bridgehead atoms. The predicted molar refractivity (Wildman–Crippen MR) is 80.8 cm³/mol. The Balaban J connectivity index is 2.03. The molecule has 0 amide bonds. The summed E-state index contributed by atoms with van der Waals surface area (Å²) in [5.41, 5.74) is 7.84. The maximum Gasteiger partial charge on any atom is 0.165 e. The van der Waals surface area contributed by atoms with E-state index >= 15 is 0 Å². The van der Waals surface area contributed by atoms with Gasteiger partial charge in [-0.05, 0) is 30.5 Å². The highest BCUT2D eigenvalue weighted by Crippen LogP contribution is 2.24. The molecule has 1 atom stereocenters. The Kier molecular flexibility index (Phi) is 5.33. The van der Waals surface area contributed by atoms with Crippen molar-refractivity contribution in [2.45, 2.75) is 32.2 Å². The quantitative estimate of drug-likeness (QED) is 0.852. The zero-order valence-electron chi connectivity index (χ0n) is 12.6. The number of hydrogen-bond acceptors (Lipinski definition) is 3. The molecule has 0 aliphatic rings. The van der Waals surface area contributed by atoms with E-state index in [-0.39, 0.29) is 11.9 Å². The molecule has 0 aliphatic heterocycles. The van der Waals surface area contributed by atoms with Crippen molar-refractivity contribution >= 4 is 0 Å². The number of para-hydroxylation sites is 1. The first-order valence-electron chi connectivity index (χ1n) is 7.24. The highest BCUT2D eigenvalue weighted by atomic mass is 19.1. The van der Waals surface area contributed by atoms with Gasteiger partial charge in [0.25, 0.3) is 0 Å². The average Bonchev–Trinajstić information content (AvgIpc) is 2.87. The number of ether oxygens (including phenoxy) is 1. The molecular weight excluding hydrogens is 269 g/mol. The molecule has 0 spiro atoms. The molecule has 1 heterocycles. The molecule has 5 heteroatoms. The van der Waals surface area contributed by atoms with Crippen molar-refractivity contribution in [2.75, 3.05) is 6.61 Å². The smallest absolute Gasteiger partial charge is 0.165 e. The maximum atomic E-state index is 14.0. The van der Waals surface area contributed by atoms with Crippen LogP contribution in [0.3, 0.4) is 0 Å². The minimum atomic E-state index is -0.333. The molecule has 4 nitrogen and oxygen atoms in total. The molecule has 2 rings (SSSR count). The second-order valence-corrected chi connectivity index (χ2v) is 5.15. The Hall–Kier alpha value is -1.88. The van der Waals surface area contributed by atoms with E-state index in [1.807, 2.05) is 26.1 Å². The minimum absolute atomic E-state index is 0.0197. The standard InChI is InChI=1S/C16H22FN3O/c1-3-13(18)11-12-5-4-6-15(17)16(12)21-10-8-14-7-9-19-20(14)2/h4-7,9,13H,3,8,10-11,18H2,1-2H3. The summed E-state index contributed by atoms with van der Waals surface area (Å²) in [6.45, 7) is 2.43. The SMILES string of the molecule is CCC(N)Cc1cccc(F)c1OCCc1ccnn1C. The summed E-state index contributed by atoms with van der Waals surface area (Å²) in [5, 5.41) is 4.10. The lowest BCUT2D eigenvalue weighted by Crippen LogP contribution is -2.22. The molecule has 114 valence electrons. The number of nitrogens with two attached hydrogens (primary N) is 1. The number of benzene rings is 1. The highest BCUT2D eigenvalue weighted by Gasteiger charge is 2.12. The molecule has 0 saturated heterocycles. The van der Waals surface area contributed by atoms with Crippen LogP contribution in [-0.2, 0) is 19.9 Å². The monoisotopic (exact) mass is 291 g/mol. The summed E-state index contributed by atoms with van der Waals surface area (Å²) >= 11 is 0. The fraction of sp³-hybridized carbons (Fsp3) is 0.438. The van der Waals surface area contributed by atoms with Crippen LogP contribution in [0.1, 0.15) is 24.6 Å². The van der Waals surface area contributed by atoms with Gasteiger partial charge in [-0.25, -0.2) is 4.39 Å². The van der Waals surface area contributed by atoms with Crippen molar-refractivity contribution in [1.82, 2.24) is 9.78 Å². The van der Waals surface area contributed by atoms with Crippen molar-refractivity contribution in [3.63, 3.8) is 0 Å². The molecule has 0 radical (unpaired) electrons. The van der Waals surface area contributed by atoms with Gasteiger partial charge in [0.15, 0.2) is 11.6 Å².